The summed E-state index contributed by atoms with van der Waals surface area (Å²) in [6.45, 7) is 4.79. The summed E-state index contributed by atoms with van der Waals surface area (Å²) in [5, 5.41) is 0. The number of thiazole rings is 1. The molecule has 2 aromatic heterocycles. The Kier molecular flexibility index (Phi) is 4.89. The Bertz CT molecular complexity index is 591. The monoisotopic (exact) mass is 295 g/mol. The number of aryl methyl sites for hydroxylation is 2. The van der Waals surface area contributed by atoms with Crippen molar-refractivity contribution < 1.29 is 13.9 Å². The second-order valence-electron chi connectivity index (χ2n) is 4.33. The van der Waals surface area contributed by atoms with Crippen molar-refractivity contribution in [1.82, 2.24) is 10.4 Å². The van der Waals surface area contributed by atoms with Crippen molar-refractivity contribution in [3.8, 4) is 0 Å². The number of hydrogen-bond donors (Lipinski definition) is 2. The Morgan fingerprint density at radius 1 is 1.55 bits per heavy atom. The van der Waals surface area contributed by atoms with Crippen molar-refractivity contribution in [2.45, 2.75) is 26.9 Å². The van der Waals surface area contributed by atoms with E-state index >= 15 is 0 Å². The fraction of sp³-hybridized carbons (Fsp3) is 0.385. The number of nitrogens with one attached hydrogen (secondary N) is 1. The van der Waals surface area contributed by atoms with Gasteiger partial charge in [0, 0.05) is 16.9 Å². The molecular formula is C13H17N3O3S. The van der Waals surface area contributed by atoms with Crippen molar-refractivity contribution in [3.05, 3.63) is 39.2 Å². The predicted octanol–water partition coefficient (Wildman–Crippen LogP) is 1.72. The fourth-order valence-corrected chi connectivity index (χ4v) is 2.52. The smallest absolute Gasteiger partial charge is 0.300 e. The number of nitrogens with zero attached hydrogens (tertiary/aromatic N) is 1. The van der Waals surface area contributed by atoms with Crippen LogP contribution >= 0.6 is 11.3 Å². The summed E-state index contributed by atoms with van der Waals surface area (Å²) in [6, 6.07) is 1.65. The van der Waals surface area contributed by atoms with Gasteiger partial charge in [-0.15, -0.1) is 11.3 Å². The summed E-state index contributed by atoms with van der Waals surface area (Å²) < 4.78 is 10.9. The molecule has 0 atom stereocenters. The molecule has 0 aliphatic heterocycles. The Morgan fingerprint density at radius 2 is 2.35 bits per heavy atom. The minimum Gasteiger partial charge on any atom is -0.456 e. The van der Waals surface area contributed by atoms with E-state index in [1.807, 2.05) is 17.9 Å². The number of hydrogen-bond acceptors (Lipinski definition) is 6. The van der Waals surface area contributed by atoms with E-state index in [9.17, 15) is 4.79 Å². The van der Waals surface area contributed by atoms with Gasteiger partial charge in [-0.05, 0) is 19.9 Å². The maximum atomic E-state index is 11.3. The molecular weight excluding hydrogens is 278 g/mol. The average Bonchev–Trinajstić information content (AvgIpc) is 3.01. The van der Waals surface area contributed by atoms with Gasteiger partial charge in [0.25, 0.3) is 0 Å². The zero-order valence-electron chi connectivity index (χ0n) is 11.4. The van der Waals surface area contributed by atoms with Crippen molar-refractivity contribution >= 4 is 17.2 Å². The summed E-state index contributed by atoms with van der Waals surface area (Å²) >= 11 is 1.63. The highest BCUT2D eigenvalue weighted by atomic mass is 32.1. The lowest BCUT2D eigenvalue weighted by Gasteiger charge is -2.02. The molecule has 7 heteroatoms. The number of nitrogens with two attached hydrogens (primary N) is 1. The molecule has 0 aliphatic rings. The maximum absolute atomic E-state index is 11.3. The first kappa shape index (κ1) is 14.7. The van der Waals surface area contributed by atoms with Gasteiger partial charge in [0.05, 0.1) is 24.4 Å². The summed E-state index contributed by atoms with van der Waals surface area (Å²) in [5.74, 6) is 5.47. The Hall–Kier alpha value is -1.70. The molecule has 0 spiro atoms. The zero-order valence-corrected chi connectivity index (χ0v) is 12.3. The molecule has 0 radical (unpaired) electrons. The van der Waals surface area contributed by atoms with Gasteiger partial charge in [0.15, 0.2) is 5.76 Å². The van der Waals surface area contributed by atoms with Crippen LogP contribution in [-0.4, -0.2) is 17.5 Å². The molecule has 1 amide bonds. The van der Waals surface area contributed by atoms with Gasteiger partial charge >= 0.3 is 5.91 Å². The van der Waals surface area contributed by atoms with Crippen LogP contribution in [0, 0.1) is 13.8 Å². The first-order valence-electron chi connectivity index (χ1n) is 6.18. The van der Waals surface area contributed by atoms with Crippen molar-refractivity contribution in [1.29, 1.82) is 0 Å². The third kappa shape index (κ3) is 3.44. The predicted molar refractivity (Wildman–Crippen MR) is 75.3 cm³/mol. The molecule has 0 unspecified atom stereocenters. The lowest BCUT2D eigenvalue weighted by molar-refractivity contribution is 0.0924. The van der Waals surface area contributed by atoms with Gasteiger partial charge in [-0.2, -0.15) is 0 Å². The molecule has 2 aromatic rings. The van der Waals surface area contributed by atoms with Crippen LogP contribution in [0.1, 0.15) is 32.4 Å². The van der Waals surface area contributed by atoms with E-state index in [-0.39, 0.29) is 5.76 Å². The summed E-state index contributed by atoms with van der Waals surface area (Å²) in [5.41, 5.74) is 5.78. The van der Waals surface area contributed by atoms with Crippen LogP contribution in [0.5, 0.6) is 0 Å². The maximum Gasteiger partial charge on any atom is 0.300 e. The third-order valence-electron chi connectivity index (χ3n) is 2.95. The Labute approximate surface area is 120 Å². The van der Waals surface area contributed by atoms with E-state index in [1.165, 1.54) is 4.88 Å². The van der Waals surface area contributed by atoms with E-state index in [0.717, 1.165) is 17.7 Å². The minimum atomic E-state index is -0.445. The van der Waals surface area contributed by atoms with E-state index < -0.39 is 5.91 Å². The number of amides is 1. The lowest BCUT2D eigenvalue weighted by Crippen LogP contribution is -2.29. The molecule has 3 N–H and O–H groups in total. The van der Waals surface area contributed by atoms with Gasteiger partial charge in [-0.25, -0.2) is 10.8 Å². The van der Waals surface area contributed by atoms with Crippen LogP contribution in [0.3, 0.4) is 0 Å². The van der Waals surface area contributed by atoms with E-state index in [2.05, 4.69) is 4.98 Å². The van der Waals surface area contributed by atoms with Gasteiger partial charge < -0.3 is 9.15 Å². The highest BCUT2D eigenvalue weighted by Crippen LogP contribution is 2.16. The standard InChI is InChI=1S/C13H17N3O3S/c1-8-12(20-7-15-8)3-4-18-6-10-5-11(13(17)16-14)19-9(10)2/h5,7H,3-4,6,14H2,1-2H3,(H,16,17). The molecule has 20 heavy (non-hydrogen) atoms. The number of ether oxygens (including phenoxy) is 1. The Balaban J connectivity index is 1.84. The van der Waals surface area contributed by atoms with Crippen molar-refractivity contribution in [2.75, 3.05) is 6.61 Å². The van der Waals surface area contributed by atoms with Crippen LogP contribution in [0.15, 0.2) is 16.0 Å². The molecule has 0 bridgehead atoms. The average molecular weight is 295 g/mol. The number of rotatable bonds is 6. The first-order valence-corrected chi connectivity index (χ1v) is 7.06. The van der Waals surface area contributed by atoms with Crippen LogP contribution < -0.4 is 11.3 Å². The number of hydrazine groups is 1. The molecule has 2 heterocycles. The highest BCUT2D eigenvalue weighted by Gasteiger charge is 2.13. The molecule has 0 saturated carbocycles. The second kappa shape index (κ2) is 6.65. The number of nitrogen functional groups attached to an aromatic ring is 1. The second-order valence-corrected chi connectivity index (χ2v) is 5.27. The molecule has 0 aromatic carbocycles. The molecule has 0 saturated heterocycles. The van der Waals surface area contributed by atoms with Gasteiger partial charge in [-0.3, -0.25) is 10.2 Å². The highest BCUT2D eigenvalue weighted by molar-refractivity contribution is 7.09. The Morgan fingerprint density at radius 3 is 3.00 bits per heavy atom. The molecule has 108 valence electrons. The summed E-state index contributed by atoms with van der Waals surface area (Å²) in [6.07, 6.45) is 0.837. The normalized spacial score (nSPS) is 10.8. The lowest BCUT2D eigenvalue weighted by atomic mass is 10.2. The van der Waals surface area contributed by atoms with Crippen LogP contribution in [0.25, 0.3) is 0 Å². The van der Waals surface area contributed by atoms with E-state index in [0.29, 0.717) is 19.0 Å². The van der Waals surface area contributed by atoms with Crippen LogP contribution in [-0.2, 0) is 17.8 Å². The summed E-state index contributed by atoms with van der Waals surface area (Å²) in [4.78, 5) is 16.8. The zero-order chi connectivity index (χ0) is 14.5. The number of carbonyl (C=O) groups is 1. The quantitative estimate of drug-likeness (QED) is 0.366. The van der Waals surface area contributed by atoms with E-state index in [4.69, 9.17) is 15.0 Å². The third-order valence-corrected chi connectivity index (χ3v) is 3.95. The molecule has 2 rings (SSSR count). The topological polar surface area (TPSA) is 90.4 Å². The van der Waals surface area contributed by atoms with Gasteiger partial charge in [-0.1, -0.05) is 0 Å². The van der Waals surface area contributed by atoms with Crippen LogP contribution in [0.4, 0.5) is 0 Å². The SMILES string of the molecule is Cc1ncsc1CCOCc1cc(C(=O)NN)oc1C. The molecule has 0 fully saturated rings. The molecule has 6 nitrogen and oxygen atoms in total. The van der Waals surface area contributed by atoms with Crippen LogP contribution in [0.2, 0.25) is 0 Å². The summed E-state index contributed by atoms with van der Waals surface area (Å²) in [7, 11) is 0. The van der Waals surface area contributed by atoms with Crippen molar-refractivity contribution in [2.24, 2.45) is 5.84 Å². The van der Waals surface area contributed by atoms with E-state index in [1.54, 1.807) is 24.3 Å². The first-order chi connectivity index (χ1) is 9.61. The van der Waals surface area contributed by atoms with Gasteiger partial charge in [0.1, 0.15) is 5.76 Å². The minimum absolute atomic E-state index is 0.196. The van der Waals surface area contributed by atoms with Crippen molar-refractivity contribution in [3.63, 3.8) is 0 Å². The number of aromatic nitrogens is 1. The largest absolute Gasteiger partial charge is 0.456 e. The molecule has 0 aliphatic carbocycles. The van der Waals surface area contributed by atoms with Gasteiger partial charge in [0.2, 0.25) is 0 Å². The number of furan rings is 1. The number of carbonyl (C=O) groups excluding carboxylic acids is 1. The fourth-order valence-electron chi connectivity index (χ4n) is 1.76.